The van der Waals surface area contributed by atoms with Gasteiger partial charge in [0.2, 0.25) is 5.91 Å². The molecule has 0 aliphatic carbocycles. The number of fused-ring (bicyclic) bond motifs is 1. The van der Waals surface area contributed by atoms with Gasteiger partial charge in [-0.25, -0.2) is 0 Å². The van der Waals surface area contributed by atoms with E-state index in [1.54, 1.807) is 11.5 Å². The Morgan fingerprint density at radius 1 is 1.03 bits per heavy atom. The quantitative estimate of drug-likeness (QED) is 0.327. The van der Waals surface area contributed by atoms with Crippen molar-refractivity contribution in [1.82, 2.24) is 9.55 Å². The maximum atomic E-state index is 12.8. The number of anilines is 2. The summed E-state index contributed by atoms with van der Waals surface area (Å²) in [6.45, 7) is 2.35. The summed E-state index contributed by atoms with van der Waals surface area (Å²) < 4.78 is 1.79. The number of aryl methyl sites for hydroxylation is 1. The molecule has 0 saturated heterocycles. The normalized spacial score (nSPS) is 11.9. The van der Waals surface area contributed by atoms with Gasteiger partial charge >= 0.3 is 0 Å². The zero-order chi connectivity index (χ0) is 22.5. The molecule has 0 radical (unpaired) electrons. The topological polar surface area (TPSA) is 90.0 Å². The molecule has 0 aliphatic rings. The van der Waals surface area contributed by atoms with E-state index in [0.717, 1.165) is 28.4 Å². The van der Waals surface area contributed by atoms with E-state index >= 15 is 0 Å². The first-order valence-corrected chi connectivity index (χ1v) is 11.3. The predicted molar refractivity (Wildman–Crippen MR) is 131 cm³/mol. The standard InChI is InChI=1S/C25H24N4O2S/c1-17(24(31)27-21-12-11-19-9-5-6-10-20(19)15-21)32-25-28-23(30)16-22(26)29(25)14-13-18-7-3-2-4-8-18/h2-12,15-17H,13-14,26H2,1H3,(H,27,31)/t17-/m0/s1. The fourth-order valence-corrected chi connectivity index (χ4v) is 4.37. The molecule has 4 aromatic rings. The SMILES string of the molecule is C[C@H](Sc1nc(=O)cc(N)n1CCc1ccccc1)C(=O)Nc1ccc2ccccc2c1. The second-order valence-corrected chi connectivity index (χ2v) is 8.81. The van der Waals surface area contributed by atoms with Crippen LogP contribution in [0.3, 0.4) is 0 Å². The lowest BCUT2D eigenvalue weighted by molar-refractivity contribution is -0.115. The monoisotopic (exact) mass is 444 g/mol. The maximum Gasteiger partial charge on any atom is 0.275 e. The molecule has 162 valence electrons. The van der Waals surface area contributed by atoms with E-state index in [1.165, 1.54) is 17.8 Å². The van der Waals surface area contributed by atoms with E-state index in [9.17, 15) is 9.59 Å². The van der Waals surface area contributed by atoms with Crippen LogP contribution >= 0.6 is 11.8 Å². The van der Waals surface area contributed by atoms with E-state index in [1.807, 2.05) is 72.8 Å². The summed E-state index contributed by atoms with van der Waals surface area (Å²) in [5.74, 6) is 0.169. The molecule has 0 spiro atoms. The van der Waals surface area contributed by atoms with Gasteiger partial charge in [0.15, 0.2) is 5.16 Å². The second-order valence-electron chi connectivity index (χ2n) is 7.50. The molecule has 3 N–H and O–H groups in total. The molecule has 1 amide bonds. The molecule has 0 saturated carbocycles. The largest absolute Gasteiger partial charge is 0.385 e. The highest BCUT2D eigenvalue weighted by molar-refractivity contribution is 8.00. The molecule has 0 fully saturated rings. The number of aromatic nitrogens is 2. The Kier molecular flexibility index (Phi) is 6.56. The number of carbonyl (C=O) groups is 1. The lowest BCUT2D eigenvalue weighted by Crippen LogP contribution is -2.25. The number of hydrogen-bond acceptors (Lipinski definition) is 5. The van der Waals surface area contributed by atoms with E-state index in [-0.39, 0.29) is 5.91 Å². The van der Waals surface area contributed by atoms with Crippen molar-refractivity contribution in [2.75, 3.05) is 11.1 Å². The molecule has 1 aromatic heterocycles. The number of nitrogen functional groups attached to an aromatic ring is 1. The zero-order valence-corrected chi connectivity index (χ0v) is 18.5. The lowest BCUT2D eigenvalue weighted by atomic mass is 10.1. The number of hydrogen-bond donors (Lipinski definition) is 2. The molecular formula is C25H24N4O2S. The number of nitrogens with one attached hydrogen (secondary N) is 1. The van der Waals surface area contributed by atoms with Gasteiger partial charge in [-0.1, -0.05) is 72.4 Å². The van der Waals surface area contributed by atoms with Crippen LogP contribution in [0.15, 0.2) is 88.8 Å². The maximum absolute atomic E-state index is 12.8. The first-order chi connectivity index (χ1) is 15.5. The third-order valence-electron chi connectivity index (χ3n) is 5.16. The van der Waals surface area contributed by atoms with Gasteiger partial charge in [0.05, 0.1) is 5.25 Å². The summed E-state index contributed by atoms with van der Waals surface area (Å²) in [5.41, 5.74) is 7.59. The van der Waals surface area contributed by atoms with Crippen molar-refractivity contribution in [1.29, 1.82) is 0 Å². The molecule has 3 aromatic carbocycles. The summed E-state index contributed by atoms with van der Waals surface area (Å²) in [6, 6.07) is 25.1. The van der Waals surface area contributed by atoms with Crippen LogP contribution in [0.5, 0.6) is 0 Å². The number of carbonyl (C=O) groups excluding carboxylic acids is 1. The Bertz CT molecular complexity index is 1300. The van der Waals surface area contributed by atoms with Gasteiger partial charge in [-0.2, -0.15) is 4.98 Å². The average molecular weight is 445 g/mol. The number of nitrogens with zero attached hydrogens (tertiary/aromatic N) is 2. The molecular weight excluding hydrogens is 420 g/mol. The molecule has 6 nitrogen and oxygen atoms in total. The smallest absolute Gasteiger partial charge is 0.275 e. The third kappa shape index (κ3) is 5.18. The molecule has 1 heterocycles. The van der Waals surface area contributed by atoms with Crippen molar-refractivity contribution in [2.45, 2.75) is 30.3 Å². The Balaban J connectivity index is 1.49. The van der Waals surface area contributed by atoms with Crippen LogP contribution in [0.1, 0.15) is 12.5 Å². The van der Waals surface area contributed by atoms with Gasteiger partial charge in [0.1, 0.15) is 5.82 Å². The molecule has 7 heteroatoms. The minimum Gasteiger partial charge on any atom is -0.385 e. The molecule has 4 rings (SSSR count). The van der Waals surface area contributed by atoms with Gasteiger partial charge in [0.25, 0.3) is 5.56 Å². The molecule has 1 atom stereocenters. The van der Waals surface area contributed by atoms with E-state index in [4.69, 9.17) is 5.73 Å². The van der Waals surface area contributed by atoms with Crippen LogP contribution in [0.4, 0.5) is 11.5 Å². The number of nitrogens with two attached hydrogens (primary N) is 1. The fourth-order valence-electron chi connectivity index (χ4n) is 3.42. The van der Waals surface area contributed by atoms with Crippen LogP contribution in [-0.2, 0) is 17.8 Å². The van der Waals surface area contributed by atoms with Crippen molar-refractivity contribution in [3.8, 4) is 0 Å². The number of rotatable bonds is 7. The Morgan fingerprint density at radius 2 is 1.75 bits per heavy atom. The summed E-state index contributed by atoms with van der Waals surface area (Å²) in [4.78, 5) is 28.9. The van der Waals surface area contributed by atoms with Crippen molar-refractivity contribution >= 4 is 39.9 Å². The highest BCUT2D eigenvalue weighted by atomic mass is 32.2. The Hall–Kier alpha value is -3.58. The first kappa shape index (κ1) is 21.6. The Labute approximate surface area is 190 Å². The number of thioether (sulfide) groups is 1. The van der Waals surface area contributed by atoms with Crippen molar-refractivity contribution in [3.05, 3.63) is 94.8 Å². The molecule has 0 unspecified atom stereocenters. The van der Waals surface area contributed by atoms with E-state index < -0.39 is 10.8 Å². The van der Waals surface area contributed by atoms with Crippen LogP contribution in [0.2, 0.25) is 0 Å². The number of benzene rings is 3. The predicted octanol–water partition coefficient (Wildman–Crippen LogP) is 4.34. The van der Waals surface area contributed by atoms with Crippen LogP contribution in [-0.4, -0.2) is 20.7 Å². The van der Waals surface area contributed by atoms with E-state index in [2.05, 4.69) is 10.3 Å². The summed E-state index contributed by atoms with van der Waals surface area (Å²) in [7, 11) is 0. The van der Waals surface area contributed by atoms with Gasteiger partial charge in [-0.05, 0) is 41.8 Å². The molecule has 32 heavy (non-hydrogen) atoms. The van der Waals surface area contributed by atoms with Gasteiger partial charge in [0, 0.05) is 18.3 Å². The van der Waals surface area contributed by atoms with Crippen molar-refractivity contribution < 1.29 is 4.79 Å². The van der Waals surface area contributed by atoms with E-state index in [0.29, 0.717) is 17.5 Å². The fraction of sp³-hybridized carbons (Fsp3) is 0.160. The van der Waals surface area contributed by atoms with Crippen molar-refractivity contribution in [2.24, 2.45) is 0 Å². The third-order valence-corrected chi connectivity index (χ3v) is 6.25. The molecule has 0 aliphatic heterocycles. The highest BCUT2D eigenvalue weighted by Crippen LogP contribution is 2.25. The lowest BCUT2D eigenvalue weighted by Gasteiger charge is -2.17. The Morgan fingerprint density at radius 3 is 2.53 bits per heavy atom. The summed E-state index contributed by atoms with van der Waals surface area (Å²) in [6.07, 6.45) is 0.737. The minimum atomic E-state index is -0.474. The minimum absolute atomic E-state index is 0.170. The molecule has 0 bridgehead atoms. The van der Waals surface area contributed by atoms with Crippen LogP contribution in [0.25, 0.3) is 10.8 Å². The van der Waals surface area contributed by atoms with Crippen LogP contribution in [0, 0.1) is 0 Å². The van der Waals surface area contributed by atoms with Crippen LogP contribution < -0.4 is 16.6 Å². The van der Waals surface area contributed by atoms with Gasteiger partial charge in [-0.15, -0.1) is 0 Å². The summed E-state index contributed by atoms with van der Waals surface area (Å²) >= 11 is 1.22. The summed E-state index contributed by atoms with van der Waals surface area (Å²) in [5, 5.41) is 5.08. The average Bonchev–Trinajstić information content (AvgIpc) is 2.79. The van der Waals surface area contributed by atoms with Crippen molar-refractivity contribution in [3.63, 3.8) is 0 Å². The zero-order valence-electron chi connectivity index (χ0n) is 17.7. The first-order valence-electron chi connectivity index (χ1n) is 10.4. The van der Waals surface area contributed by atoms with Gasteiger partial charge in [-0.3, -0.25) is 9.59 Å². The second kappa shape index (κ2) is 9.70. The van der Waals surface area contributed by atoms with Gasteiger partial charge < -0.3 is 15.6 Å². The highest BCUT2D eigenvalue weighted by Gasteiger charge is 2.19. The number of amides is 1.